The SMILES string of the molecule is CCCCNC(=O)c1c(NC(=O)c2ccc(F)c(F)c2)nc2ccc(C)cn12. The van der Waals surface area contributed by atoms with Crippen LogP contribution in [0.2, 0.25) is 0 Å². The summed E-state index contributed by atoms with van der Waals surface area (Å²) in [5, 5.41) is 5.34. The lowest BCUT2D eigenvalue weighted by molar-refractivity contribution is 0.0948. The number of amides is 2. The first-order valence-electron chi connectivity index (χ1n) is 8.94. The maximum Gasteiger partial charge on any atom is 0.272 e. The van der Waals surface area contributed by atoms with Crippen molar-refractivity contribution in [2.45, 2.75) is 26.7 Å². The van der Waals surface area contributed by atoms with Crippen LogP contribution in [0.4, 0.5) is 14.6 Å². The highest BCUT2D eigenvalue weighted by molar-refractivity contribution is 6.08. The number of benzene rings is 1. The van der Waals surface area contributed by atoms with Crippen LogP contribution in [0, 0.1) is 18.6 Å². The van der Waals surface area contributed by atoms with Gasteiger partial charge in [0.15, 0.2) is 23.1 Å². The highest BCUT2D eigenvalue weighted by atomic mass is 19.2. The zero-order valence-electron chi connectivity index (χ0n) is 15.6. The van der Waals surface area contributed by atoms with E-state index < -0.39 is 17.5 Å². The number of imidazole rings is 1. The van der Waals surface area contributed by atoms with E-state index in [0.717, 1.165) is 36.6 Å². The molecule has 6 nitrogen and oxygen atoms in total. The van der Waals surface area contributed by atoms with E-state index in [1.807, 2.05) is 19.9 Å². The summed E-state index contributed by atoms with van der Waals surface area (Å²) in [5.41, 5.74) is 1.48. The van der Waals surface area contributed by atoms with Crippen LogP contribution in [-0.2, 0) is 0 Å². The molecule has 2 aromatic heterocycles. The number of rotatable bonds is 6. The van der Waals surface area contributed by atoms with Gasteiger partial charge in [-0.1, -0.05) is 19.4 Å². The van der Waals surface area contributed by atoms with Crippen LogP contribution in [0.15, 0.2) is 36.5 Å². The third-order valence-corrected chi connectivity index (χ3v) is 4.21. The van der Waals surface area contributed by atoms with Gasteiger partial charge < -0.3 is 10.6 Å². The molecular formula is C20H20F2N4O2. The fourth-order valence-corrected chi connectivity index (χ4v) is 2.73. The number of aryl methyl sites for hydroxylation is 1. The van der Waals surface area contributed by atoms with Crippen molar-refractivity contribution in [3.8, 4) is 0 Å². The van der Waals surface area contributed by atoms with Gasteiger partial charge in [-0.15, -0.1) is 0 Å². The van der Waals surface area contributed by atoms with Gasteiger partial charge >= 0.3 is 0 Å². The van der Waals surface area contributed by atoms with E-state index in [0.29, 0.717) is 12.2 Å². The number of halogens is 2. The average molecular weight is 386 g/mol. The number of carbonyl (C=O) groups is 2. The molecule has 8 heteroatoms. The number of carbonyl (C=O) groups excluding carboxylic acids is 2. The lowest BCUT2D eigenvalue weighted by atomic mass is 10.2. The summed E-state index contributed by atoms with van der Waals surface area (Å²) >= 11 is 0. The van der Waals surface area contributed by atoms with Gasteiger partial charge in [0.05, 0.1) is 0 Å². The number of hydrogen-bond acceptors (Lipinski definition) is 3. The quantitative estimate of drug-likeness (QED) is 0.634. The number of anilines is 1. The second kappa shape index (κ2) is 8.16. The van der Waals surface area contributed by atoms with Crippen molar-refractivity contribution in [3.05, 3.63) is 65.0 Å². The largest absolute Gasteiger partial charge is 0.351 e. The third-order valence-electron chi connectivity index (χ3n) is 4.21. The first kappa shape index (κ1) is 19.5. The van der Waals surface area contributed by atoms with E-state index in [-0.39, 0.29) is 23.0 Å². The Morgan fingerprint density at radius 1 is 1.11 bits per heavy atom. The Morgan fingerprint density at radius 3 is 2.61 bits per heavy atom. The summed E-state index contributed by atoms with van der Waals surface area (Å²) in [7, 11) is 0. The molecule has 3 aromatic rings. The fraction of sp³-hybridized carbons (Fsp3) is 0.250. The topological polar surface area (TPSA) is 75.5 Å². The zero-order valence-corrected chi connectivity index (χ0v) is 15.6. The van der Waals surface area contributed by atoms with Crippen LogP contribution < -0.4 is 10.6 Å². The van der Waals surface area contributed by atoms with Crippen LogP contribution in [0.25, 0.3) is 5.65 Å². The molecule has 2 amide bonds. The van der Waals surface area contributed by atoms with Gasteiger partial charge in [0.2, 0.25) is 0 Å². The van der Waals surface area contributed by atoms with E-state index in [9.17, 15) is 18.4 Å². The van der Waals surface area contributed by atoms with E-state index in [1.54, 1.807) is 16.7 Å². The molecule has 0 aliphatic rings. The van der Waals surface area contributed by atoms with Crippen LogP contribution in [0.5, 0.6) is 0 Å². The summed E-state index contributed by atoms with van der Waals surface area (Å²) in [5.74, 6) is -3.20. The van der Waals surface area contributed by atoms with Gasteiger partial charge in [-0.25, -0.2) is 13.8 Å². The van der Waals surface area contributed by atoms with Crippen molar-refractivity contribution < 1.29 is 18.4 Å². The Labute approximate surface area is 160 Å². The van der Waals surface area contributed by atoms with Crippen molar-refractivity contribution in [2.75, 3.05) is 11.9 Å². The Bertz CT molecular complexity index is 1050. The van der Waals surface area contributed by atoms with Crippen molar-refractivity contribution in [3.63, 3.8) is 0 Å². The van der Waals surface area contributed by atoms with Crippen LogP contribution >= 0.6 is 0 Å². The predicted octanol–water partition coefficient (Wildman–Crippen LogP) is 3.70. The minimum Gasteiger partial charge on any atom is -0.351 e. The highest BCUT2D eigenvalue weighted by Crippen LogP contribution is 2.20. The molecule has 0 bridgehead atoms. The van der Waals surface area contributed by atoms with Crippen LogP contribution in [0.1, 0.15) is 46.2 Å². The number of aromatic nitrogens is 2. The lowest BCUT2D eigenvalue weighted by Gasteiger charge is -2.08. The maximum absolute atomic E-state index is 13.4. The van der Waals surface area contributed by atoms with Crippen molar-refractivity contribution in [1.82, 2.24) is 14.7 Å². The number of nitrogens with zero attached hydrogens (tertiary/aromatic N) is 2. The van der Waals surface area contributed by atoms with Crippen LogP contribution in [0.3, 0.4) is 0 Å². The Kier molecular flexibility index (Phi) is 5.67. The standard InChI is InChI=1S/C20H20F2N4O2/c1-3-4-9-23-20(28)17-18(24-16-8-5-12(2)11-26(16)17)25-19(27)13-6-7-14(21)15(22)10-13/h5-8,10-11H,3-4,9H2,1-2H3,(H,23,28)(H,25,27). The molecule has 0 saturated carbocycles. The van der Waals surface area contributed by atoms with Gasteiger partial charge in [0.1, 0.15) is 5.65 Å². The van der Waals surface area contributed by atoms with E-state index in [4.69, 9.17) is 0 Å². The summed E-state index contributed by atoms with van der Waals surface area (Å²) in [6, 6.07) is 6.39. The molecule has 0 radical (unpaired) electrons. The minimum atomic E-state index is -1.13. The Balaban J connectivity index is 1.97. The summed E-state index contributed by atoms with van der Waals surface area (Å²) < 4.78 is 28.1. The minimum absolute atomic E-state index is 0.0503. The second-order valence-electron chi connectivity index (χ2n) is 6.44. The number of fused-ring (bicyclic) bond motifs is 1. The number of pyridine rings is 1. The first-order valence-corrected chi connectivity index (χ1v) is 8.94. The first-order chi connectivity index (χ1) is 13.4. The van der Waals surface area contributed by atoms with Crippen LogP contribution in [-0.4, -0.2) is 27.7 Å². The van der Waals surface area contributed by atoms with Gasteiger partial charge in [-0.3, -0.25) is 14.0 Å². The van der Waals surface area contributed by atoms with E-state index >= 15 is 0 Å². The number of unbranched alkanes of at least 4 members (excludes halogenated alkanes) is 1. The van der Waals surface area contributed by atoms with Gasteiger partial charge in [0, 0.05) is 18.3 Å². The molecule has 0 saturated heterocycles. The average Bonchev–Trinajstić information content (AvgIpc) is 3.01. The number of nitrogens with one attached hydrogen (secondary N) is 2. The Hall–Kier alpha value is -3.29. The maximum atomic E-state index is 13.4. The molecule has 0 spiro atoms. The van der Waals surface area contributed by atoms with E-state index in [1.165, 1.54) is 0 Å². The summed E-state index contributed by atoms with van der Waals surface area (Å²) in [6.45, 7) is 4.37. The fourth-order valence-electron chi connectivity index (χ4n) is 2.73. The number of hydrogen-bond donors (Lipinski definition) is 2. The normalized spacial score (nSPS) is 10.9. The van der Waals surface area contributed by atoms with Gasteiger partial charge in [-0.2, -0.15) is 0 Å². The second-order valence-corrected chi connectivity index (χ2v) is 6.44. The predicted molar refractivity (Wildman–Crippen MR) is 101 cm³/mol. The molecule has 0 atom stereocenters. The monoisotopic (exact) mass is 386 g/mol. The van der Waals surface area contributed by atoms with Gasteiger partial charge in [0.25, 0.3) is 11.8 Å². The molecular weight excluding hydrogens is 366 g/mol. The smallest absolute Gasteiger partial charge is 0.272 e. The van der Waals surface area contributed by atoms with Gasteiger partial charge in [-0.05, 0) is 43.2 Å². The lowest BCUT2D eigenvalue weighted by Crippen LogP contribution is -2.27. The van der Waals surface area contributed by atoms with E-state index in [2.05, 4.69) is 15.6 Å². The molecule has 2 N–H and O–H groups in total. The zero-order chi connectivity index (χ0) is 20.3. The summed E-state index contributed by atoms with van der Waals surface area (Å²) in [4.78, 5) is 29.5. The molecule has 0 fully saturated rings. The van der Waals surface area contributed by atoms with Crippen molar-refractivity contribution in [2.24, 2.45) is 0 Å². The van der Waals surface area contributed by atoms with Crippen molar-refractivity contribution >= 4 is 23.3 Å². The Morgan fingerprint density at radius 2 is 1.89 bits per heavy atom. The third kappa shape index (κ3) is 4.00. The van der Waals surface area contributed by atoms with Crippen molar-refractivity contribution in [1.29, 1.82) is 0 Å². The molecule has 146 valence electrons. The molecule has 0 unspecified atom stereocenters. The molecule has 28 heavy (non-hydrogen) atoms. The highest BCUT2D eigenvalue weighted by Gasteiger charge is 2.22. The molecule has 2 heterocycles. The molecule has 0 aliphatic heterocycles. The molecule has 1 aromatic carbocycles. The summed E-state index contributed by atoms with van der Waals surface area (Å²) in [6.07, 6.45) is 3.48. The molecule has 0 aliphatic carbocycles. The molecule has 3 rings (SSSR count).